The predicted molar refractivity (Wildman–Crippen MR) is 91.3 cm³/mol. The van der Waals surface area contributed by atoms with Gasteiger partial charge in [0.05, 0.1) is 16.7 Å². The molecule has 0 unspecified atom stereocenters. The molecule has 2 atom stereocenters. The van der Waals surface area contributed by atoms with Crippen LogP contribution in [0.4, 0.5) is 0 Å². The second-order valence-corrected chi connectivity index (χ2v) is 7.39. The first kappa shape index (κ1) is 14.8. The van der Waals surface area contributed by atoms with E-state index in [4.69, 9.17) is 0 Å². The van der Waals surface area contributed by atoms with E-state index in [-0.39, 0.29) is 11.4 Å². The van der Waals surface area contributed by atoms with Crippen molar-refractivity contribution in [3.05, 3.63) is 52.5 Å². The van der Waals surface area contributed by atoms with Crippen LogP contribution in [0.3, 0.4) is 0 Å². The molecule has 5 heteroatoms. The Morgan fingerprint density at radius 1 is 1.35 bits per heavy atom. The molecule has 4 rings (SSSR count). The highest BCUT2D eigenvalue weighted by atomic mass is 32.1. The zero-order valence-corrected chi connectivity index (χ0v) is 13.9. The largest absolute Gasteiger partial charge is 0.349 e. The number of hydrogen-bond acceptors (Lipinski definition) is 4. The van der Waals surface area contributed by atoms with Crippen molar-refractivity contribution in [3.8, 4) is 0 Å². The molecule has 1 aromatic heterocycles. The molecule has 0 radical (unpaired) electrons. The number of rotatable bonds is 3. The van der Waals surface area contributed by atoms with Crippen LogP contribution in [0.5, 0.6) is 0 Å². The van der Waals surface area contributed by atoms with Crippen LogP contribution in [0, 0.1) is 0 Å². The van der Waals surface area contributed by atoms with Crippen molar-refractivity contribution >= 4 is 17.2 Å². The molecule has 0 saturated carbocycles. The second-order valence-electron chi connectivity index (χ2n) is 6.67. The van der Waals surface area contributed by atoms with Gasteiger partial charge in [0.15, 0.2) is 0 Å². The van der Waals surface area contributed by atoms with Crippen molar-refractivity contribution in [1.29, 1.82) is 0 Å². The Bertz CT molecular complexity index is 673. The van der Waals surface area contributed by atoms with Gasteiger partial charge in [0.25, 0.3) is 0 Å². The lowest BCUT2D eigenvalue weighted by Crippen LogP contribution is -2.56. The highest BCUT2D eigenvalue weighted by Crippen LogP contribution is 2.41. The van der Waals surface area contributed by atoms with Gasteiger partial charge in [-0.15, -0.1) is 11.3 Å². The van der Waals surface area contributed by atoms with E-state index in [0.717, 1.165) is 38.2 Å². The molecule has 1 N–H and O–H groups in total. The first-order valence-electron chi connectivity index (χ1n) is 8.21. The smallest absolute Gasteiger partial charge is 0.220 e. The maximum atomic E-state index is 12.1. The number of likely N-dealkylation sites (tertiary alicyclic amines) is 1. The summed E-state index contributed by atoms with van der Waals surface area (Å²) in [5.74, 6) is 0.555. The van der Waals surface area contributed by atoms with Gasteiger partial charge in [-0.1, -0.05) is 30.3 Å². The molecule has 0 aliphatic carbocycles. The Kier molecular flexibility index (Phi) is 3.91. The van der Waals surface area contributed by atoms with Gasteiger partial charge < -0.3 is 5.32 Å². The molecule has 2 fully saturated rings. The molecular weight excluding hydrogens is 306 g/mol. The van der Waals surface area contributed by atoms with Crippen molar-refractivity contribution in [3.63, 3.8) is 0 Å². The summed E-state index contributed by atoms with van der Waals surface area (Å²) < 4.78 is 0. The number of piperidine rings is 1. The van der Waals surface area contributed by atoms with Crippen molar-refractivity contribution in [2.75, 3.05) is 13.1 Å². The molecule has 4 nitrogen and oxygen atoms in total. The van der Waals surface area contributed by atoms with E-state index in [1.807, 2.05) is 5.51 Å². The van der Waals surface area contributed by atoms with Gasteiger partial charge in [0, 0.05) is 37.4 Å². The predicted octanol–water partition coefficient (Wildman–Crippen LogP) is 2.78. The molecule has 2 saturated heterocycles. The van der Waals surface area contributed by atoms with Crippen LogP contribution in [0.2, 0.25) is 0 Å². The van der Waals surface area contributed by atoms with E-state index < -0.39 is 0 Å². The molecule has 2 aliphatic rings. The quantitative estimate of drug-likeness (QED) is 0.943. The average Bonchev–Trinajstić information content (AvgIpc) is 3.17. The minimum Gasteiger partial charge on any atom is -0.349 e. The van der Waals surface area contributed by atoms with Crippen LogP contribution in [-0.4, -0.2) is 34.4 Å². The highest BCUT2D eigenvalue weighted by Gasteiger charge is 2.49. The SMILES string of the molecule is O=C1CCC[C@@]2(CN(Cc3cscn3)C[C@H]2c2ccccc2)N1. The summed E-state index contributed by atoms with van der Waals surface area (Å²) in [6, 6.07) is 10.6. The Morgan fingerprint density at radius 2 is 2.22 bits per heavy atom. The van der Waals surface area contributed by atoms with Crippen LogP contribution in [-0.2, 0) is 11.3 Å². The summed E-state index contributed by atoms with van der Waals surface area (Å²) in [5.41, 5.74) is 4.22. The lowest BCUT2D eigenvalue weighted by molar-refractivity contribution is -0.125. The van der Waals surface area contributed by atoms with Crippen LogP contribution in [0.1, 0.15) is 36.4 Å². The minimum absolute atomic E-state index is 0.118. The fourth-order valence-corrected chi connectivity index (χ4v) is 4.68. The van der Waals surface area contributed by atoms with Crippen LogP contribution >= 0.6 is 11.3 Å². The Hall–Kier alpha value is -1.72. The summed E-state index contributed by atoms with van der Waals surface area (Å²) >= 11 is 1.64. The molecule has 1 amide bonds. The maximum absolute atomic E-state index is 12.1. The van der Waals surface area contributed by atoms with Gasteiger partial charge in [-0.2, -0.15) is 0 Å². The van der Waals surface area contributed by atoms with E-state index in [0.29, 0.717) is 12.3 Å². The number of nitrogens with one attached hydrogen (secondary N) is 1. The lowest BCUT2D eigenvalue weighted by atomic mass is 9.76. The minimum atomic E-state index is -0.118. The summed E-state index contributed by atoms with van der Waals surface area (Å²) in [7, 11) is 0. The third-order valence-electron chi connectivity index (χ3n) is 5.10. The van der Waals surface area contributed by atoms with Crippen molar-refractivity contribution < 1.29 is 4.79 Å². The van der Waals surface area contributed by atoms with Gasteiger partial charge in [0.2, 0.25) is 5.91 Å². The summed E-state index contributed by atoms with van der Waals surface area (Å²) in [5, 5.41) is 5.46. The number of aromatic nitrogens is 1. The molecule has 3 heterocycles. The third-order valence-corrected chi connectivity index (χ3v) is 5.73. The zero-order chi connectivity index (χ0) is 15.7. The van der Waals surface area contributed by atoms with Crippen LogP contribution in [0.15, 0.2) is 41.2 Å². The molecule has 120 valence electrons. The first-order valence-corrected chi connectivity index (χ1v) is 9.15. The first-order chi connectivity index (χ1) is 11.3. The lowest BCUT2D eigenvalue weighted by Gasteiger charge is -2.39. The van der Waals surface area contributed by atoms with Gasteiger partial charge >= 0.3 is 0 Å². The molecule has 1 aromatic carbocycles. The maximum Gasteiger partial charge on any atom is 0.220 e. The van der Waals surface area contributed by atoms with E-state index in [9.17, 15) is 4.79 Å². The van der Waals surface area contributed by atoms with Crippen molar-refractivity contribution in [2.45, 2.75) is 37.3 Å². The number of carbonyl (C=O) groups is 1. The standard InChI is InChI=1S/C18H21N3OS/c22-17-7-4-8-18(20-17)12-21(9-15-11-23-13-19-15)10-16(18)14-5-2-1-3-6-14/h1-3,5-6,11,13,16H,4,7-10,12H2,(H,20,22)/t16-,18-/m0/s1. The van der Waals surface area contributed by atoms with Crippen LogP contribution in [0.25, 0.3) is 0 Å². The topological polar surface area (TPSA) is 45.2 Å². The van der Waals surface area contributed by atoms with Crippen LogP contribution < -0.4 is 5.32 Å². The summed E-state index contributed by atoms with van der Waals surface area (Å²) in [4.78, 5) is 18.9. The second kappa shape index (κ2) is 6.06. The van der Waals surface area contributed by atoms with Crippen molar-refractivity contribution in [2.24, 2.45) is 0 Å². The van der Waals surface area contributed by atoms with Gasteiger partial charge in [-0.05, 0) is 18.4 Å². The fraction of sp³-hybridized carbons (Fsp3) is 0.444. The van der Waals surface area contributed by atoms with E-state index >= 15 is 0 Å². The number of nitrogens with zero attached hydrogens (tertiary/aromatic N) is 2. The van der Waals surface area contributed by atoms with Gasteiger partial charge in [-0.25, -0.2) is 4.98 Å². The molecule has 0 bridgehead atoms. The van der Waals surface area contributed by atoms with E-state index in [1.54, 1.807) is 11.3 Å². The monoisotopic (exact) mass is 327 g/mol. The number of thiazole rings is 1. The molecule has 2 aromatic rings. The number of benzene rings is 1. The number of carbonyl (C=O) groups excluding carboxylic acids is 1. The number of amides is 1. The third kappa shape index (κ3) is 2.91. The van der Waals surface area contributed by atoms with E-state index in [1.165, 1.54) is 5.56 Å². The normalized spacial score (nSPS) is 28.2. The zero-order valence-electron chi connectivity index (χ0n) is 13.1. The highest BCUT2D eigenvalue weighted by molar-refractivity contribution is 7.07. The Balaban J connectivity index is 1.62. The molecule has 23 heavy (non-hydrogen) atoms. The average molecular weight is 327 g/mol. The Labute approximate surface area is 140 Å². The number of hydrogen-bond donors (Lipinski definition) is 1. The van der Waals surface area contributed by atoms with E-state index in [2.05, 4.69) is 50.9 Å². The van der Waals surface area contributed by atoms with Crippen molar-refractivity contribution in [1.82, 2.24) is 15.2 Å². The Morgan fingerprint density at radius 3 is 2.96 bits per heavy atom. The summed E-state index contributed by atoms with van der Waals surface area (Å²) in [6.07, 6.45) is 2.71. The fourth-order valence-electron chi connectivity index (χ4n) is 4.13. The van der Waals surface area contributed by atoms with Gasteiger partial charge in [-0.3, -0.25) is 9.69 Å². The molecule has 2 aliphatic heterocycles. The molecule has 1 spiro atoms. The summed E-state index contributed by atoms with van der Waals surface area (Å²) in [6.45, 7) is 2.75. The van der Waals surface area contributed by atoms with Gasteiger partial charge in [0.1, 0.15) is 0 Å². The molecular formula is C18H21N3OS.